The van der Waals surface area contributed by atoms with Gasteiger partial charge in [0.1, 0.15) is 12.3 Å². The number of rotatable bonds is 4. The van der Waals surface area contributed by atoms with Crippen molar-refractivity contribution in [1.82, 2.24) is 15.5 Å². The van der Waals surface area contributed by atoms with Crippen molar-refractivity contribution < 1.29 is 9.53 Å². The number of nitrogens with zero attached hydrogens (tertiary/aromatic N) is 1. The Balaban J connectivity index is 1.48. The van der Waals surface area contributed by atoms with Crippen LogP contribution in [0.4, 0.5) is 10.5 Å². The number of fused-ring (bicyclic) bond motifs is 1. The Kier molecular flexibility index (Phi) is 5.55. The maximum atomic E-state index is 12.5. The van der Waals surface area contributed by atoms with Gasteiger partial charge in [0.25, 0.3) is 0 Å². The Morgan fingerprint density at radius 2 is 1.96 bits per heavy atom. The number of nitrogens with one attached hydrogen (secondary N) is 3. The van der Waals surface area contributed by atoms with Crippen molar-refractivity contribution in [3.63, 3.8) is 0 Å². The third kappa shape index (κ3) is 3.86. The van der Waals surface area contributed by atoms with Gasteiger partial charge in [0, 0.05) is 12.0 Å². The number of carbonyl (C=O) groups excluding carboxylic acids is 1. The number of amides is 1. The van der Waals surface area contributed by atoms with Gasteiger partial charge >= 0.3 is 6.09 Å². The van der Waals surface area contributed by atoms with Gasteiger partial charge in [-0.15, -0.1) is 0 Å². The van der Waals surface area contributed by atoms with Crippen molar-refractivity contribution in [2.45, 2.75) is 64.6 Å². The average Bonchev–Trinajstić information content (AvgIpc) is 3.10. The van der Waals surface area contributed by atoms with Crippen molar-refractivity contribution in [2.24, 2.45) is 11.8 Å². The maximum Gasteiger partial charge on any atom is 0.408 e. The maximum absolute atomic E-state index is 12.5. The lowest BCUT2D eigenvalue weighted by Gasteiger charge is -2.42. The van der Waals surface area contributed by atoms with Crippen LogP contribution in [-0.2, 0) is 11.3 Å². The van der Waals surface area contributed by atoms with Gasteiger partial charge in [0.05, 0.1) is 17.4 Å². The molecule has 1 aliphatic heterocycles. The molecule has 150 valence electrons. The molecule has 1 aliphatic carbocycles. The minimum atomic E-state index is -0.392. The zero-order chi connectivity index (χ0) is 19.5. The highest BCUT2D eigenvalue weighted by atomic mass is 16.5. The molecule has 1 fully saturated rings. The van der Waals surface area contributed by atoms with E-state index in [9.17, 15) is 4.79 Å². The van der Waals surface area contributed by atoms with Crippen LogP contribution in [0.25, 0.3) is 0 Å². The van der Waals surface area contributed by atoms with E-state index in [1.807, 2.05) is 37.3 Å². The molecule has 1 aromatic carbocycles. The number of aromatic amines is 1. The van der Waals surface area contributed by atoms with Crippen LogP contribution < -0.4 is 10.6 Å². The monoisotopic (exact) mass is 382 g/mol. The second-order valence-corrected chi connectivity index (χ2v) is 8.22. The number of carbonyl (C=O) groups is 1. The average molecular weight is 383 g/mol. The fourth-order valence-corrected chi connectivity index (χ4v) is 4.74. The lowest BCUT2D eigenvalue weighted by Crippen LogP contribution is -2.47. The normalized spacial score (nSPS) is 24.9. The van der Waals surface area contributed by atoms with E-state index in [2.05, 4.69) is 27.8 Å². The SMILES string of the molecule is Cc1[nH]nc2c1NC(C1CCCCC1)C(C)C2NC(=O)OCc1ccccc1. The van der Waals surface area contributed by atoms with Crippen LogP contribution in [0.15, 0.2) is 30.3 Å². The van der Waals surface area contributed by atoms with Gasteiger partial charge in [-0.05, 0) is 31.2 Å². The summed E-state index contributed by atoms with van der Waals surface area (Å²) in [6.45, 7) is 4.50. The zero-order valence-electron chi connectivity index (χ0n) is 16.7. The van der Waals surface area contributed by atoms with Crippen LogP contribution in [0.5, 0.6) is 0 Å². The van der Waals surface area contributed by atoms with E-state index in [1.165, 1.54) is 32.1 Å². The molecule has 0 radical (unpaired) electrons. The van der Waals surface area contributed by atoms with Crippen LogP contribution >= 0.6 is 0 Å². The number of anilines is 1. The highest BCUT2D eigenvalue weighted by molar-refractivity contribution is 5.69. The highest BCUT2D eigenvalue weighted by Gasteiger charge is 2.41. The van der Waals surface area contributed by atoms with E-state index in [0.29, 0.717) is 12.0 Å². The number of alkyl carbamates (subject to hydrolysis) is 1. The molecule has 6 nitrogen and oxygen atoms in total. The number of aromatic nitrogens is 2. The predicted octanol–water partition coefficient (Wildman–Crippen LogP) is 4.70. The molecule has 0 saturated heterocycles. The third-order valence-electron chi connectivity index (χ3n) is 6.32. The van der Waals surface area contributed by atoms with Crippen LogP contribution in [0.2, 0.25) is 0 Å². The molecule has 1 amide bonds. The van der Waals surface area contributed by atoms with E-state index >= 15 is 0 Å². The van der Waals surface area contributed by atoms with Crippen LogP contribution in [0, 0.1) is 18.8 Å². The molecule has 2 heterocycles. The summed E-state index contributed by atoms with van der Waals surface area (Å²) < 4.78 is 5.47. The number of hydrogen-bond donors (Lipinski definition) is 3. The smallest absolute Gasteiger partial charge is 0.408 e. The van der Waals surface area contributed by atoms with Gasteiger partial charge in [-0.2, -0.15) is 5.10 Å². The highest BCUT2D eigenvalue weighted by Crippen LogP contribution is 2.42. The topological polar surface area (TPSA) is 79.0 Å². The molecule has 0 bridgehead atoms. The molecule has 1 aromatic heterocycles. The first-order chi connectivity index (χ1) is 13.6. The third-order valence-corrected chi connectivity index (χ3v) is 6.32. The van der Waals surface area contributed by atoms with Gasteiger partial charge in [0.2, 0.25) is 0 Å². The largest absolute Gasteiger partial charge is 0.445 e. The minimum absolute atomic E-state index is 0.156. The Morgan fingerprint density at radius 1 is 1.21 bits per heavy atom. The molecular weight excluding hydrogens is 352 g/mol. The Labute approximate surface area is 166 Å². The van der Waals surface area contributed by atoms with Crippen molar-refractivity contribution in [2.75, 3.05) is 5.32 Å². The fraction of sp³-hybridized carbons (Fsp3) is 0.545. The molecule has 6 heteroatoms. The number of H-pyrrole nitrogens is 1. The minimum Gasteiger partial charge on any atom is -0.445 e. The Hall–Kier alpha value is -2.50. The summed E-state index contributed by atoms with van der Waals surface area (Å²) in [4.78, 5) is 12.5. The van der Waals surface area contributed by atoms with E-state index in [1.54, 1.807) is 0 Å². The van der Waals surface area contributed by atoms with Crippen LogP contribution in [0.1, 0.15) is 62.0 Å². The molecule has 2 aromatic rings. The molecule has 1 saturated carbocycles. The summed E-state index contributed by atoms with van der Waals surface area (Å²) in [6.07, 6.45) is 6.03. The molecule has 28 heavy (non-hydrogen) atoms. The first kappa shape index (κ1) is 18.8. The Morgan fingerprint density at radius 3 is 2.71 bits per heavy atom. The molecule has 2 aliphatic rings. The number of ether oxygens (including phenoxy) is 1. The summed E-state index contributed by atoms with van der Waals surface area (Å²) in [7, 11) is 0. The summed E-state index contributed by atoms with van der Waals surface area (Å²) in [5.41, 5.74) is 3.93. The van der Waals surface area contributed by atoms with Gasteiger partial charge in [-0.25, -0.2) is 4.79 Å². The van der Waals surface area contributed by atoms with E-state index < -0.39 is 6.09 Å². The number of aryl methyl sites for hydroxylation is 1. The molecule has 4 rings (SSSR count). The summed E-state index contributed by atoms with van der Waals surface area (Å²) in [6, 6.07) is 9.93. The number of hydrogen-bond acceptors (Lipinski definition) is 4. The lowest BCUT2D eigenvalue weighted by molar-refractivity contribution is 0.127. The second-order valence-electron chi connectivity index (χ2n) is 8.22. The first-order valence-corrected chi connectivity index (χ1v) is 10.4. The van der Waals surface area contributed by atoms with E-state index in [0.717, 1.165) is 22.6 Å². The van der Waals surface area contributed by atoms with E-state index in [4.69, 9.17) is 4.74 Å². The van der Waals surface area contributed by atoms with Gasteiger partial charge < -0.3 is 15.4 Å². The summed E-state index contributed by atoms with van der Waals surface area (Å²) >= 11 is 0. The van der Waals surface area contributed by atoms with Crippen LogP contribution in [0.3, 0.4) is 0 Å². The lowest BCUT2D eigenvalue weighted by atomic mass is 9.74. The van der Waals surface area contributed by atoms with Gasteiger partial charge in [-0.1, -0.05) is 56.5 Å². The van der Waals surface area contributed by atoms with E-state index in [-0.39, 0.29) is 18.6 Å². The molecule has 0 spiro atoms. The summed E-state index contributed by atoms with van der Waals surface area (Å²) in [5.74, 6) is 0.874. The van der Waals surface area contributed by atoms with Gasteiger partial charge in [-0.3, -0.25) is 5.10 Å². The zero-order valence-corrected chi connectivity index (χ0v) is 16.7. The predicted molar refractivity (Wildman–Crippen MR) is 109 cm³/mol. The quantitative estimate of drug-likeness (QED) is 0.716. The van der Waals surface area contributed by atoms with Crippen molar-refractivity contribution in [1.29, 1.82) is 0 Å². The molecular formula is C22H30N4O2. The molecule has 3 N–H and O–H groups in total. The second kappa shape index (κ2) is 8.25. The standard InChI is InChI=1S/C22H30N4O2/c1-14-18(17-11-7-4-8-12-17)23-20-15(2)25-26-21(20)19(14)24-22(27)28-13-16-9-5-3-6-10-16/h3,5-6,9-10,14,17-19,23H,4,7-8,11-13H2,1-2H3,(H,24,27)(H,25,26). The van der Waals surface area contributed by atoms with Crippen LogP contribution in [-0.4, -0.2) is 22.3 Å². The molecule has 3 atom stereocenters. The van der Waals surface area contributed by atoms with Crippen molar-refractivity contribution >= 4 is 11.8 Å². The first-order valence-electron chi connectivity index (χ1n) is 10.4. The fourth-order valence-electron chi connectivity index (χ4n) is 4.74. The van der Waals surface area contributed by atoms with Crippen molar-refractivity contribution in [3.8, 4) is 0 Å². The van der Waals surface area contributed by atoms with Crippen molar-refractivity contribution in [3.05, 3.63) is 47.3 Å². The number of benzene rings is 1. The van der Waals surface area contributed by atoms with Gasteiger partial charge in [0.15, 0.2) is 0 Å². The molecule has 3 unspecified atom stereocenters. The Bertz CT molecular complexity index is 798. The summed E-state index contributed by atoms with van der Waals surface area (Å²) in [5, 5.41) is 14.4.